The molecular formula is C32H28F20N2. The minimum Gasteiger partial charge on any atom is -0.398 e. The molecule has 2 saturated carbocycles. The van der Waals surface area contributed by atoms with Gasteiger partial charge in [-0.05, 0) is 97.9 Å². The van der Waals surface area contributed by atoms with Crippen LogP contribution in [0.5, 0.6) is 0 Å². The first kappa shape index (κ1) is 43.4. The van der Waals surface area contributed by atoms with Gasteiger partial charge in [0.05, 0.1) is 0 Å². The second kappa shape index (κ2) is 12.6. The molecule has 0 radical (unpaired) electrons. The number of anilines is 2. The smallest absolute Gasteiger partial charge is 0.385 e. The van der Waals surface area contributed by atoms with Crippen molar-refractivity contribution in [1.29, 1.82) is 0 Å². The molecule has 0 atom stereocenters. The molecule has 2 nitrogen and oxygen atoms in total. The Hall–Kier alpha value is -3.36. The van der Waals surface area contributed by atoms with Crippen molar-refractivity contribution in [3.63, 3.8) is 0 Å². The normalized spacial score (nSPS) is 18.1. The SMILES string of the molecule is Cc1cc(C(F)(F)C(F)(F)C(F)(F)C(F)(F)C(F)(F)C(F)(F)C(F)(F)C(F)(F)C(F)(F)C(F)(F)c2cc(C)c(N)c(C3CCC3)c2)cc(C2CCC2)c1N. The summed E-state index contributed by atoms with van der Waals surface area (Å²) < 4.78 is 295. The van der Waals surface area contributed by atoms with Crippen LogP contribution in [0.1, 0.15) is 83.7 Å². The Morgan fingerprint density at radius 2 is 0.611 bits per heavy atom. The van der Waals surface area contributed by atoms with Gasteiger partial charge in [0.2, 0.25) is 0 Å². The van der Waals surface area contributed by atoms with Crippen molar-refractivity contribution in [3.05, 3.63) is 57.6 Å². The maximum atomic E-state index is 15.1. The summed E-state index contributed by atoms with van der Waals surface area (Å²) in [7, 11) is 0. The second-order valence-corrected chi connectivity index (χ2v) is 13.6. The zero-order valence-corrected chi connectivity index (χ0v) is 27.4. The summed E-state index contributed by atoms with van der Waals surface area (Å²) in [6, 6.07) is -0.256. The first-order valence-electron chi connectivity index (χ1n) is 15.6. The standard InChI is InChI=1S/C32H28F20N2/c1-13-9-17(11-19(21(13)53)15-5-3-6-15)23(33,34)25(37,38)27(41,42)29(45,46)31(49,50)32(51,52)30(47,48)28(43,44)26(39,40)24(35,36)18-10-14(2)22(54)20(12-18)16-7-4-8-16/h9-12,15-16H,3-8,53-54H2,1-2H3. The van der Waals surface area contributed by atoms with E-state index in [1.54, 1.807) is 0 Å². The van der Waals surface area contributed by atoms with Crippen LogP contribution in [0.25, 0.3) is 0 Å². The van der Waals surface area contributed by atoms with Crippen molar-refractivity contribution in [2.45, 2.75) is 123 Å². The van der Waals surface area contributed by atoms with E-state index in [1.807, 2.05) is 0 Å². The molecule has 2 aliphatic carbocycles. The maximum absolute atomic E-state index is 15.1. The third-order valence-electron chi connectivity index (χ3n) is 10.2. The molecule has 0 spiro atoms. The molecule has 22 heteroatoms. The Bertz CT molecular complexity index is 1630. The molecule has 2 fully saturated rings. The lowest BCUT2D eigenvalue weighted by Gasteiger charge is -2.45. The number of benzene rings is 2. The second-order valence-electron chi connectivity index (χ2n) is 13.6. The topological polar surface area (TPSA) is 52.0 Å². The highest BCUT2D eigenvalue weighted by molar-refractivity contribution is 5.59. The Morgan fingerprint density at radius 3 is 0.815 bits per heavy atom. The predicted molar refractivity (Wildman–Crippen MR) is 152 cm³/mol. The summed E-state index contributed by atoms with van der Waals surface area (Å²) in [5.41, 5.74) is 3.79. The van der Waals surface area contributed by atoms with Gasteiger partial charge in [-0.15, -0.1) is 0 Å². The van der Waals surface area contributed by atoms with E-state index in [2.05, 4.69) is 0 Å². The Balaban J connectivity index is 1.79. The molecule has 0 aromatic heterocycles. The van der Waals surface area contributed by atoms with Crippen LogP contribution in [0, 0.1) is 13.8 Å². The lowest BCUT2D eigenvalue weighted by atomic mass is 9.77. The first-order chi connectivity index (χ1) is 24.0. The quantitative estimate of drug-likeness (QED) is 0.156. The highest BCUT2D eigenvalue weighted by Gasteiger charge is 2.97. The molecule has 0 unspecified atom stereocenters. The van der Waals surface area contributed by atoms with E-state index < -0.39 is 104 Å². The zero-order valence-electron chi connectivity index (χ0n) is 27.4. The molecule has 4 N–H and O–H groups in total. The number of nitrogens with two attached hydrogens (primary N) is 2. The maximum Gasteiger partial charge on any atom is 0.385 e. The van der Waals surface area contributed by atoms with Crippen LogP contribution >= 0.6 is 0 Å². The molecule has 0 amide bonds. The average molecular weight is 821 g/mol. The zero-order chi connectivity index (χ0) is 41.8. The van der Waals surface area contributed by atoms with Crippen molar-refractivity contribution in [3.8, 4) is 0 Å². The fraction of sp³-hybridized carbons (Fsp3) is 0.625. The minimum atomic E-state index is -9.11. The van der Waals surface area contributed by atoms with Crippen molar-refractivity contribution in [2.24, 2.45) is 0 Å². The van der Waals surface area contributed by atoms with E-state index in [-0.39, 0.29) is 61.3 Å². The lowest BCUT2D eigenvalue weighted by molar-refractivity contribution is -0.470. The van der Waals surface area contributed by atoms with E-state index in [1.165, 1.54) is 0 Å². The molecule has 0 heterocycles. The van der Waals surface area contributed by atoms with Crippen molar-refractivity contribution < 1.29 is 87.8 Å². The van der Waals surface area contributed by atoms with E-state index in [9.17, 15) is 70.2 Å². The lowest BCUT2D eigenvalue weighted by Crippen LogP contribution is -2.76. The molecule has 2 aromatic carbocycles. The van der Waals surface area contributed by atoms with Crippen LogP contribution in [-0.2, 0) is 11.8 Å². The van der Waals surface area contributed by atoms with Crippen molar-refractivity contribution in [2.75, 3.05) is 11.5 Å². The van der Waals surface area contributed by atoms with Crippen LogP contribution in [0.15, 0.2) is 24.3 Å². The number of aryl methyl sites for hydroxylation is 2. The number of nitrogen functional groups attached to an aromatic ring is 2. The van der Waals surface area contributed by atoms with Crippen LogP contribution < -0.4 is 11.5 Å². The van der Waals surface area contributed by atoms with Crippen LogP contribution in [0.4, 0.5) is 99.2 Å². The first-order valence-corrected chi connectivity index (χ1v) is 15.6. The summed E-state index contributed by atoms with van der Waals surface area (Å²) in [6.45, 7) is 1.64. The monoisotopic (exact) mass is 820 g/mol. The van der Waals surface area contributed by atoms with Crippen LogP contribution in [0.2, 0.25) is 0 Å². The Kier molecular flexibility index (Phi) is 10.1. The van der Waals surface area contributed by atoms with Gasteiger partial charge in [-0.25, -0.2) is 0 Å². The Labute approximate surface area is 292 Å². The number of halogens is 20. The highest BCUT2D eigenvalue weighted by Crippen LogP contribution is 2.68. The fourth-order valence-electron chi connectivity index (χ4n) is 6.07. The predicted octanol–water partition coefficient (Wildman–Crippen LogP) is 12.0. The molecule has 54 heavy (non-hydrogen) atoms. The van der Waals surface area contributed by atoms with Crippen molar-refractivity contribution in [1.82, 2.24) is 0 Å². The minimum absolute atomic E-state index is 0.0181. The van der Waals surface area contributed by atoms with E-state index in [0.717, 1.165) is 13.8 Å². The summed E-state index contributed by atoms with van der Waals surface area (Å²) in [4.78, 5) is 0. The molecular weight excluding hydrogens is 792 g/mol. The molecule has 0 bridgehead atoms. The number of alkyl halides is 20. The van der Waals surface area contributed by atoms with Gasteiger partial charge in [-0.3, -0.25) is 0 Å². The van der Waals surface area contributed by atoms with Crippen LogP contribution in [-0.4, -0.2) is 47.4 Å². The molecule has 2 aromatic rings. The van der Waals surface area contributed by atoms with E-state index >= 15 is 17.6 Å². The third-order valence-corrected chi connectivity index (χ3v) is 10.2. The summed E-state index contributed by atoms with van der Waals surface area (Å²) >= 11 is 0. The number of hydrogen-bond donors (Lipinski definition) is 2. The van der Waals surface area contributed by atoms with Gasteiger partial charge in [0.1, 0.15) is 0 Å². The van der Waals surface area contributed by atoms with Gasteiger partial charge in [-0.2, -0.15) is 87.8 Å². The molecule has 0 aliphatic heterocycles. The molecule has 4 rings (SSSR count). The third kappa shape index (κ3) is 5.50. The Morgan fingerprint density at radius 1 is 0.389 bits per heavy atom. The summed E-state index contributed by atoms with van der Waals surface area (Å²) in [5, 5.41) is 0. The van der Waals surface area contributed by atoms with Gasteiger partial charge >= 0.3 is 59.2 Å². The molecule has 0 saturated heterocycles. The van der Waals surface area contributed by atoms with Crippen LogP contribution in [0.3, 0.4) is 0 Å². The molecule has 2 aliphatic rings. The van der Waals surface area contributed by atoms with E-state index in [0.29, 0.717) is 12.8 Å². The van der Waals surface area contributed by atoms with Gasteiger partial charge in [0.15, 0.2) is 0 Å². The number of hydrogen-bond acceptors (Lipinski definition) is 2. The van der Waals surface area contributed by atoms with Gasteiger partial charge in [-0.1, -0.05) is 12.8 Å². The van der Waals surface area contributed by atoms with Crippen molar-refractivity contribution >= 4 is 11.4 Å². The van der Waals surface area contributed by atoms with Gasteiger partial charge in [0, 0.05) is 22.5 Å². The fourth-order valence-corrected chi connectivity index (χ4v) is 6.07. The summed E-state index contributed by atoms with van der Waals surface area (Å²) in [5.74, 6) is -84.5. The average Bonchev–Trinajstić information content (AvgIpc) is 2.98. The summed E-state index contributed by atoms with van der Waals surface area (Å²) in [6.07, 6.45) is 1.41. The van der Waals surface area contributed by atoms with Gasteiger partial charge in [0.25, 0.3) is 0 Å². The van der Waals surface area contributed by atoms with E-state index in [4.69, 9.17) is 11.5 Å². The largest absolute Gasteiger partial charge is 0.398 e. The molecule has 306 valence electrons. The van der Waals surface area contributed by atoms with Gasteiger partial charge < -0.3 is 11.5 Å². The number of rotatable bonds is 13. The highest BCUT2D eigenvalue weighted by atomic mass is 19.4.